The Kier molecular flexibility index (Phi) is 7.95. The molecule has 2 atom stereocenters. The average molecular weight is 322 g/mol. The summed E-state index contributed by atoms with van der Waals surface area (Å²) in [5.74, 6) is -0.197. The number of rotatable bonds is 4. The van der Waals surface area contributed by atoms with E-state index in [1.165, 1.54) is 0 Å². The van der Waals surface area contributed by atoms with E-state index < -0.39 is 6.04 Å². The Labute approximate surface area is 131 Å². The number of amides is 2. The highest BCUT2D eigenvalue weighted by Crippen LogP contribution is 2.04. The lowest BCUT2D eigenvalue weighted by atomic mass is 10.2. The minimum Gasteiger partial charge on any atom is -0.378 e. The molecule has 2 unspecified atom stereocenters. The molecule has 2 N–H and O–H groups in total. The minimum atomic E-state index is -0.503. The summed E-state index contributed by atoms with van der Waals surface area (Å²) in [6.07, 6.45) is 0.183. The fourth-order valence-corrected chi connectivity index (χ4v) is 2.38. The van der Waals surface area contributed by atoms with Gasteiger partial charge in [0.15, 0.2) is 0 Å². The third-order valence-corrected chi connectivity index (χ3v) is 3.49. The van der Waals surface area contributed by atoms with Crippen molar-refractivity contribution in [3.63, 3.8) is 0 Å². The molecule has 2 fully saturated rings. The van der Waals surface area contributed by atoms with Crippen molar-refractivity contribution in [3.05, 3.63) is 0 Å². The molecule has 0 aromatic rings. The van der Waals surface area contributed by atoms with Crippen LogP contribution < -0.4 is 10.6 Å². The van der Waals surface area contributed by atoms with Gasteiger partial charge in [0.2, 0.25) is 11.8 Å². The molecule has 0 bridgehead atoms. The number of hydrogen-bond acceptors (Lipinski definition) is 5. The van der Waals surface area contributed by atoms with Crippen LogP contribution in [0.4, 0.5) is 0 Å². The third kappa shape index (κ3) is 5.78. The van der Waals surface area contributed by atoms with Gasteiger partial charge in [0, 0.05) is 26.2 Å². The van der Waals surface area contributed by atoms with Crippen LogP contribution in [0.1, 0.15) is 13.3 Å². The van der Waals surface area contributed by atoms with E-state index in [1.54, 1.807) is 11.8 Å². The number of ether oxygens (including phenoxy) is 2. The zero-order valence-corrected chi connectivity index (χ0v) is 13.1. The fourth-order valence-electron chi connectivity index (χ4n) is 2.38. The van der Waals surface area contributed by atoms with Crippen molar-refractivity contribution in [2.45, 2.75) is 25.5 Å². The van der Waals surface area contributed by atoms with Crippen LogP contribution in [0.15, 0.2) is 0 Å². The summed E-state index contributed by atoms with van der Waals surface area (Å²) in [6.45, 7) is 6.16. The van der Waals surface area contributed by atoms with E-state index >= 15 is 0 Å². The lowest BCUT2D eigenvalue weighted by molar-refractivity contribution is -0.140. The number of carbonyl (C=O) groups excluding carboxylic acids is 2. The van der Waals surface area contributed by atoms with Gasteiger partial charge in [-0.25, -0.2) is 0 Å². The second-order valence-corrected chi connectivity index (χ2v) is 5.13. The molecule has 2 saturated heterocycles. The Hall–Kier alpha value is -0.890. The van der Waals surface area contributed by atoms with Crippen molar-refractivity contribution in [3.8, 4) is 0 Å². The van der Waals surface area contributed by atoms with Crippen LogP contribution in [0.2, 0.25) is 0 Å². The standard InChI is InChI=1S/C13H23N3O4.ClH/c1-10(13(18)16-3-6-19-7-4-16)15-12(17)8-11-9-14-2-5-20-11;/h10-11,14H,2-9H2,1H3,(H,15,17);1H. The fraction of sp³-hybridized carbons (Fsp3) is 0.846. The van der Waals surface area contributed by atoms with Gasteiger partial charge in [-0.05, 0) is 6.92 Å². The predicted octanol–water partition coefficient (Wildman–Crippen LogP) is -0.850. The van der Waals surface area contributed by atoms with Crippen LogP contribution in [-0.2, 0) is 19.1 Å². The smallest absolute Gasteiger partial charge is 0.245 e. The largest absolute Gasteiger partial charge is 0.378 e. The first kappa shape index (κ1) is 18.2. The molecule has 2 aliphatic heterocycles. The molecule has 2 rings (SSSR count). The highest BCUT2D eigenvalue weighted by Gasteiger charge is 2.25. The Balaban J connectivity index is 0.00000220. The molecule has 0 radical (unpaired) electrons. The zero-order valence-electron chi connectivity index (χ0n) is 12.3. The third-order valence-electron chi connectivity index (χ3n) is 3.49. The van der Waals surface area contributed by atoms with E-state index in [2.05, 4.69) is 10.6 Å². The van der Waals surface area contributed by atoms with Crippen molar-refractivity contribution in [1.29, 1.82) is 0 Å². The van der Waals surface area contributed by atoms with Crippen LogP contribution in [0.5, 0.6) is 0 Å². The van der Waals surface area contributed by atoms with E-state index in [1.807, 2.05) is 0 Å². The van der Waals surface area contributed by atoms with Gasteiger partial charge in [-0.15, -0.1) is 12.4 Å². The van der Waals surface area contributed by atoms with Crippen molar-refractivity contribution < 1.29 is 19.1 Å². The number of morpholine rings is 2. The zero-order chi connectivity index (χ0) is 14.4. The monoisotopic (exact) mass is 321 g/mol. The number of nitrogens with zero attached hydrogens (tertiary/aromatic N) is 1. The summed E-state index contributed by atoms with van der Waals surface area (Å²) in [7, 11) is 0. The van der Waals surface area contributed by atoms with Gasteiger partial charge in [0.25, 0.3) is 0 Å². The number of nitrogens with one attached hydrogen (secondary N) is 2. The molecule has 21 heavy (non-hydrogen) atoms. The van der Waals surface area contributed by atoms with Gasteiger partial charge in [0.1, 0.15) is 6.04 Å². The van der Waals surface area contributed by atoms with Crippen molar-refractivity contribution in [2.75, 3.05) is 46.0 Å². The molecule has 0 aliphatic carbocycles. The first-order chi connectivity index (χ1) is 9.66. The quantitative estimate of drug-likeness (QED) is 0.705. The average Bonchev–Trinajstić information content (AvgIpc) is 2.48. The van der Waals surface area contributed by atoms with E-state index in [4.69, 9.17) is 9.47 Å². The molecule has 0 spiro atoms. The Morgan fingerprint density at radius 1 is 1.33 bits per heavy atom. The molecular formula is C13H24ClN3O4. The summed E-state index contributed by atoms with van der Waals surface area (Å²) in [5.41, 5.74) is 0. The molecule has 7 nitrogen and oxygen atoms in total. The van der Waals surface area contributed by atoms with Crippen LogP contribution in [0, 0.1) is 0 Å². The maximum absolute atomic E-state index is 12.1. The Bertz CT molecular complexity index is 344. The maximum Gasteiger partial charge on any atom is 0.245 e. The minimum absolute atomic E-state index is 0. The lowest BCUT2D eigenvalue weighted by Crippen LogP contribution is -2.51. The van der Waals surface area contributed by atoms with Gasteiger partial charge in [0.05, 0.1) is 32.3 Å². The first-order valence-corrected chi connectivity index (χ1v) is 7.15. The summed E-state index contributed by atoms with van der Waals surface area (Å²) in [5, 5.41) is 5.92. The van der Waals surface area contributed by atoms with E-state index in [0.29, 0.717) is 39.5 Å². The van der Waals surface area contributed by atoms with Crippen molar-refractivity contribution in [1.82, 2.24) is 15.5 Å². The molecule has 2 heterocycles. The van der Waals surface area contributed by atoms with Gasteiger partial charge < -0.3 is 25.0 Å². The summed E-state index contributed by atoms with van der Waals surface area (Å²) in [4.78, 5) is 25.8. The van der Waals surface area contributed by atoms with Gasteiger partial charge in [-0.1, -0.05) is 0 Å². The van der Waals surface area contributed by atoms with Crippen LogP contribution in [0.25, 0.3) is 0 Å². The van der Waals surface area contributed by atoms with Crippen molar-refractivity contribution >= 4 is 24.2 Å². The summed E-state index contributed by atoms with van der Waals surface area (Å²) < 4.78 is 10.7. The molecule has 0 aromatic heterocycles. The number of halogens is 1. The van der Waals surface area contributed by atoms with Crippen LogP contribution in [-0.4, -0.2) is 74.9 Å². The van der Waals surface area contributed by atoms with E-state index in [0.717, 1.165) is 6.54 Å². The summed E-state index contributed by atoms with van der Waals surface area (Å²) >= 11 is 0. The van der Waals surface area contributed by atoms with Gasteiger partial charge in [-0.3, -0.25) is 9.59 Å². The Morgan fingerprint density at radius 2 is 2.05 bits per heavy atom. The molecule has 2 aliphatic rings. The number of carbonyl (C=O) groups is 2. The first-order valence-electron chi connectivity index (χ1n) is 7.15. The van der Waals surface area contributed by atoms with Crippen molar-refractivity contribution in [2.24, 2.45) is 0 Å². The van der Waals surface area contributed by atoms with E-state index in [9.17, 15) is 9.59 Å². The highest BCUT2D eigenvalue weighted by atomic mass is 35.5. The van der Waals surface area contributed by atoms with Gasteiger partial charge >= 0.3 is 0 Å². The molecular weight excluding hydrogens is 298 g/mol. The van der Waals surface area contributed by atoms with Crippen LogP contribution >= 0.6 is 12.4 Å². The maximum atomic E-state index is 12.1. The summed E-state index contributed by atoms with van der Waals surface area (Å²) in [6, 6.07) is -0.503. The van der Waals surface area contributed by atoms with E-state index in [-0.39, 0.29) is 36.7 Å². The SMILES string of the molecule is CC(NC(=O)CC1CNCCO1)C(=O)N1CCOCC1.Cl. The lowest BCUT2D eigenvalue weighted by Gasteiger charge is -2.30. The molecule has 8 heteroatoms. The molecule has 2 amide bonds. The second-order valence-electron chi connectivity index (χ2n) is 5.13. The Morgan fingerprint density at radius 3 is 2.67 bits per heavy atom. The topological polar surface area (TPSA) is 79.9 Å². The second kappa shape index (κ2) is 9.19. The molecule has 0 aromatic carbocycles. The molecule has 122 valence electrons. The normalized spacial score (nSPS) is 23.9. The predicted molar refractivity (Wildman–Crippen MR) is 79.5 cm³/mol. The molecule has 0 saturated carbocycles. The van der Waals surface area contributed by atoms with Gasteiger partial charge in [-0.2, -0.15) is 0 Å². The number of hydrogen-bond donors (Lipinski definition) is 2. The van der Waals surface area contributed by atoms with Crippen LogP contribution in [0.3, 0.4) is 0 Å². The highest BCUT2D eigenvalue weighted by molar-refractivity contribution is 5.87.